The highest BCUT2D eigenvalue weighted by molar-refractivity contribution is 5.94. The van der Waals surface area contributed by atoms with Gasteiger partial charge >= 0.3 is 0 Å². The van der Waals surface area contributed by atoms with Crippen molar-refractivity contribution < 1.29 is 9.18 Å². The topological polar surface area (TPSA) is 41.1 Å². The van der Waals surface area contributed by atoms with Crippen LogP contribution in [0.2, 0.25) is 0 Å². The van der Waals surface area contributed by atoms with E-state index in [9.17, 15) is 9.18 Å². The van der Waals surface area contributed by atoms with E-state index in [0.717, 1.165) is 0 Å². The first-order valence-electron chi connectivity index (χ1n) is 5.26. The predicted molar refractivity (Wildman–Crippen MR) is 62.0 cm³/mol. The van der Waals surface area contributed by atoms with Crippen LogP contribution in [0.3, 0.4) is 0 Å². The number of rotatable bonds is 4. The largest absolute Gasteiger partial charge is 0.350 e. The van der Waals surface area contributed by atoms with Crippen molar-refractivity contribution in [3.05, 3.63) is 35.1 Å². The molecule has 1 atom stereocenters. The quantitative estimate of drug-likeness (QED) is 0.813. The van der Waals surface area contributed by atoms with Gasteiger partial charge in [-0.2, -0.15) is 0 Å². The van der Waals surface area contributed by atoms with Gasteiger partial charge in [0.2, 0.25) is 0 Å². The lowest BCUT2D eigenvalue weighted by Crippen LogP contribution is -2.37. The van der Waals surface area contributed by atoms with E-state index in [1.54, 1.807) is 19.1 Å². The van der Waals surface area contributed by atoms with Crippen LogP contribution < -0.4 is 10.6 Å². The standard InChI is InChI=1S/C12H17FN2O/c1-8-4-5-10(6-11(8)13)12(16)15-7-9(2)14-3/h4-6,9,14H,7H2,1-3H3,(H,15,16). The van der Waals surface area contributed by atoms with E-state index < -0.39 is 0 Å². The first-order valence-corrected chi connectivity index (χ1v) is 5.26. The van der Waals surface area contributed by atoms with Crippen LogP contribution in [0.25, 0.3) is 0 Å². The molecule has 3 nitrogen and oxygen atoms in total. The van der Waals surface area contributed by atoms with Crippen molar-refractivity contribution in [2.75, 3.05) is 13.6 Å². The van der Waals surface area contributed by atoms with E-state index in [1.165, 1.54) is 6.07 Å². The van der Waals surface area contributed by atoms with Crippen molar-refractivity contribution in [1.82, 2.24) is 10.6 Å². The Balaban J connectivity index is 2.63. The molecule has 0 aliphatic carbocycles. The van der Waals surface area contributed by atoms with Crippen LogP contribution in [0.15, 0.2) is 18.2 Å². The van der Waals surface area contributed by atoms with Gasteiger partial charge in [0.15, 0.2) is 0 Å². The lowest BCUT2D eigenvalue weighted by Gasteiger charge is -2.11. The highest BCUT2D eigenvalue weighted by atomic mass is 19.1. The van der Waals surface area contributed by atoms with Gasteiger partial charge in [-0.25, -0.2) is 4.39 Å². The SMILES string of the molecule is CNC(C)CNC(=O)c1ccc(C)c(F)c1. The zero-order valence-electron chi connectivity index (χ0n) is 9.80. The first kappa shape index (κ1) is 12.6. The minimum atomic E-state index is -0.352. The Morgan fingerprint density at radius 2 is 2.19 bits per heavy atom. The molecule has 0 fully saturated rings. The van der Waals surface area contributed by atoms with E-state index in [1.807, 2.05) is 14.0 Å². The van der Waals surface area contributed by atoms with Crippen molar-refractivity contribution in [3.8, 4) is 0 Å². The fourth-order valence-electron chi connectivity index (χ4n) is 1.18. The Hall–Kier alpha value is -1.42. The monoisotopic (exact) mass is 224 g/mol. The Labute approximate surface area is 95.0 Å². The van der Waals surface area contributed by atoms with Crippen LogP contribution in [0, 0.1) is 12.7 Å². The Morgan fingerprint density at radius 1 is 1.50 bits per heavy atom. The molecule has 1 aromatic rings. The Bertz CT molecular complexity index is 379. The van der Waals surface area contributed by atoms with Gasteiger partial charge in [0, 0.05) is 18.2 Å². The minimum Gasteiger partial charge on any atom is -0.350 e. The van der Waals surface area contributed by atoms with Gasteiger partial charge in [0.05, 0.1) is 0 Å². The molecule has 0 saturated heterocycles. The molecule has 0 aliphatic heterocycles. The minimum absolute atomic E-state index is 0.194. The lowest BCUT2D eigenvalue weighted by atomic mass is 10.1. The number of halogens is 1. The third-order valence-corrected chi connectivity index (χ3v) is 2.50. The average Bonchev–Trinajstić information content (AvgIpc) is 2.29. The molecule has 0 aromatic heterocycles. The molecule has 0 aliphatic rings. The van der Waals surface area contributed by atoms with Crippen LogP contribution in [-0.2, 0) is 0 Å². The maximum atomic E-state index is 13.2. The van der Waals surface area contributed by atoms with E-state index in [2.05, 4.69) is 10.6 Å². The number of amides is 1. The molecule has 1 aromatic carbocycles. The third kappa shape index (κ3) is 3.31. The zero-order chi connectivity index (χ0) is 12.1. The van der Waals surface area contributed by atoms with Crippen LogP contribution in [0.1, 0.15) is 22.8 Å². The summed E-state index contributed by atoms with van der Waals surface area (Å²) in [5, 5.41) is 5.73. The second-order valence-corrected chi connectivity index (χ2v) is 3.86. The van der Waals surface area contributed by atoms with E-state index in [4.69, 9.17) is 0 Å². The molecular weight excluding hydrogens is 207 g/mol. The summed E-state index contributed by atoms with van der Waals surface area (Å²) in [4.78, 5) is 11.6. The lowest BCUT2D eigenvalue weighted by molar-refractivity contribution is 0.0950. The second-order valence-electron chi connectivity index (χ2n) is 3.86. The molecule has 0 bridgehead atoms. The molecule has 2 N–H and O–H groups in total. The van der Waals surface area contributed by atoms with Gasteiger partial charge in [0.1, 0.15) is 5.82 Å². The number of nitrogens with one attached hydrogen (secondary N) is 2. The maximum absolute atomic E-state index is 13.2. The summed E-state index contributed by atoms with van der Waals surface area (Å²) in [6.07, 6.45) is 0. The van der Waals surface area contributed by atoms with E-state index in [-0.39, 0.29) is 17.8 Å². The summed E-state index contributed by atoms with van der Waals surface area (Å²) in [6, 6.07) is 4.68. The van der Waals surface area contributed by atoms with Gasteiger partial charge < -0.3 is 10.6 Å². The molecule has 1 rings (SSSR count). The van der Waals surface area contributed by atoms with E-state index in [0.29, 0.717) is 17.7 Å². The molecule has 4 heteroatoms. The van der Waals surface area contributed by atoms with Crippen LogP contribution in [-0.4, -0.2) is 25.5 Å². The van der Waals surface area contributed by atoms with Crippen molar-refractivity contribution in [1.29, 1.82) is 0 Å². The van der Waals surface area contributed by atoms with Gasteiger partial charge in [-0.3, -0.25) is 4.79 Å². The molecule has 1 amide bonds. The van der Waals surface area contributed by atoms with Crippen LogP contribution in [0.5, 0.6) is 0 Å². The Morgan fingerprint density at radius 3 is 2.75 bits per heavy atom. The van der Waals surface area contributed by atoms with Crippen LogP contribution in [0.4, 0.5) is 4.39 Å². The molecule has 0 saturated carbocycles. The summed E-state index contributed by atoms with van der Waals surface area (Å²) < 4.78 is 13.2. The first-order chi connectivity index (χ1) is 7.54. The van der Waals surface area contributed by atoms with Gasteiger partial charge in [-0.15, -0.1) is 0 Å². The van der Waals surface area contributed by atoms with Gasteiger partial charge in [-0.1, -0.05) is 6.07 Å². The van der Waals surface area contributed by atoms with Crippen molar-refractivity contribution in [2.45, 2.75) is 19.9 Å². The third-order valence-electron chi connectivity index (χ3n) is 2.50. The van der Waals surface area contributed by atoms with Crippen molar-refractivity contribution in [2.24, 2.45) is 0 Å². The highest BCUT2D eigenvalue weighted by Crippen LogP contribution is 2.08. The second kappa shape index (κ2) is 5.61. The molecule has 0 spiro atoms. The molecular formula is C12H17FN2O. The molecule has 16 heavy (non-hydrogen) atoms. The number of carbonyl (C=O) groups is 1. The highest BCUT2D eigenvalue weighted by Gasteiger charge is 2.08. The number of aryl methyl sites for hydroxylation is 1. The summed E-state index contributed by atoms with van der Waals surface area (Å²) in [5.74, 6) is -0.602. The number of likely N-dealkylation sites (N-methyl/N-ethyl adjacent to an activating group) is 1. The molecule has 88 valence electrons. The fourth-order valence-corrected chi connectivity index (χ4v) is 1.18. The van der Waals surface area contributed by atoms with Crippen molar-refractivity contribution >= 4 is 5.91 Å². The number of benzene rings is 1. The summed E-state index contributed by atoms with van der Waals surface area (Å²) >= 11 is 0. The molecule has 0 radical (unpaired) electrons. The zero-order valence-corrected chi connectivity index (χ0v) is 9.80. The maximum Gasteiger partial charge on any atom is 0.251 e. The fraction of sp³-hybridized carbons (Fsp3) is 0.417. The summed E-state index contributed by atoms with van der Waals surface area (Å²) in [7, 11) is 1.82. The number of hydrogen-bond acceptors (Lipinski definition) is 2. The molecule has 0 heterocycles. The smallest absolute Gasteiger partial charge is 0.251 e. The predicted octanol–water partition coefficient (Wildman–Crippen LogP) is 1.47. The summed E-state index contributed by atoms with van der Waals surface area (Å²) in [5.41, 5.74) is 0.895. The Kier molecular flexibility index (Phi) is 4.43. The molecule has 1 unspecified atom stereocenters. The van der Waals surface area contributed by atoms with E-state index >= 15 is 0 Å². The van der Waals surface area contributed by atoms with Gasteiger partial charge in [0.25, 0.3) is 5.91 Å². The number of carbonyl (C=O) groups excluding carboxylic acids is 1. The average molecular weight is 224 g/mol. The number of hydrogen-bond donors (Lipinski definition) is 2. The van der Waals surface area contributed by atoms with Crippen molar-refractivity contribution in [3.63, 3.8) is 0 Å². The van der Waals surface area contributed by atoms with Gasteiger partial charge in [-0.05, 0) is 38.6 Å². The van der Waals surface area contributed by atoms with Crippen LogP contribution >= 0.6 is 0 Å². The normalized spacial score (nSPS) is 12.2. The summed E-state index contributed by atoms with van der Waals surface area (Å²) in [6.45, 7) is 4.14.